The second kappa shape index (κ2) is 9.34. The minimum Gasteiger partial charge on any atom is -0.394 e. The summed E-state index contributed by atoms with van der Waals surface area (Å²) >= 11 is 0. The van der Waals surface area contributed by atoms with Gasteiger partial charge in [0.2, 0.25) is 0 Å². The molecule has 0 saturated heterocycles. The van der Waals surface area contributed by atoms with E-state index in [4.69, 9.17) is 4.74 Å². The number of ether oxygens (including phenoxy) is 1. The lowest BCUT2D eigenvalue weighted by atomic mass is 10.1. The van der Waals surface area contributed by atoms with Crippen LogP contribution in [0.15, 0.2) is 30.3 Å². The Kier molecular flexibility index (Phi) is 7.16. The van der Waals surface area contributed by atoms with E-state index in [0.717, 1.165) is 29.7 Å². The lowest BCUT2D eigenvalue weighted by molar-refractivity contribution is -0.126. The van der Waals surface area contributed by atoms with Crippen molar-refractivity contribution in [2.24, 2.45) is 0 Å². The third-order valence-electron chi connectivity index (χ3n) is 4.00. The zero-order chi connectivity index (χ0) is 18.2. The molecule has 0 aliphatic carbocycles. The molecule has 2 N–H and O–H groups in total. The maximum absolute atomic E-state index is 12.3. The molecule has 0 spiro atoms. The van der Waals surface area contributed by atoms with Gasteiger partial charge in [-0.1, -0.05) is 37.6 Å². The smallest absolute Gasteiger partial charge is 0.254 e. The molecule has 1 amide bonds. The van der Waals surface area contributed by atoms with E-state index in [1.165, 1.54) is 0 Å². The molecule has 2 aromatic rings. The van der Waals surface area contributed by atoms with Crippen LogP contribution < -0.4 is 5.32 Å². The normalized spacial score (nSPS) is 12.2. The first-order chi connectivity index (χ1) is 12.1. The van der Waals surface area contributed by atoms with Crippen LogP contribution in [0.3, 0.4) is 0 Å². The molecule has 0 bridgehead atoms. The molecule has 1 heterocycles. The van der Waals surface area contributed by atoms with Crippen molar-refractivity contribution in [2.45, 2.75) is 46.3 Å². The lowest BCUT2D eigenvalue weighted by Crippen LogP contribution is -2.29. The minimum atomic E-state index is -0.536. The number of hydrogen-bond acceptors (Lipinski definition) is 4. The van der Waals surface area contributed by atoms with Crippen molar-refractivity contribution in [2.75, 3.05) is 18.5 Å². The van der Waals surface area contributed by atoms with Crippen molar-refractivity contribution in [1.82, 2.24) is 9.78 Å². The van der Waals surface area contributed by atoms with Gasteiger partial charge in [-0.3, -0.25) is 4.79 Å². The average Bonchev–Trinajstić information content (AvgIpc) is 2.98. The van der Waals surface area contributed by atoms with Gasteiger partial charge in [-0.15, -0.1) is 0 Å². The van der Waals surface area contributed by atoms with Crippen molar-refractivity contribution in [3.05, 3.63) is 35.9 Å². The topological polar surface area (TPSA) is 76.4 Å². The first kappa shape index (κ1) is 19.1. The van der Waals surface area contributed by atoms with E-state index in [-0.39, 0.29) is 12.5 Å². The van der Waals surface area contributed by atoms with Crippen LogP contribution in [0.4, 0.5) is 5.82 Å². The maximum atomic E-state index is 12.3. The van der Waals surface area contributed by atoms with Gasteiger partial charge in [0.25, 0.3) is 5.91 Å². The monoisotopic (exact) mass is 345 g/mol. The quantitative estimate of drug-likeness (QED) is 0.685. The van der Waals surface area contributed by atoms with Crippen LogP contribution in [0.5, 0.6) is 0 Å². The van der Waals surface area contributed by atoms with E-state index < -0.39 is 6.10 Å². The highest BCUT2D eigenvalue weighted by Gasteiger charge is 2.17. The van der Waals surface area contributed by atoms with E-state index in [2.05, 4.69) is 17.3 Å². The fourth-order valence-corrected chi connectivity index (χ4v) is 2.48. The SMILES string of the molecule is CCCCOC(C)C(=O)Nc1cc(-c2ccccc2C)nn1CCO. The molecule has 2 rings (SSSR count). The predicted octanol–water partition coefficient (Wildman–Crippen LogP) is 2.99. The number of aryl methyl sites for hydroxylation is 1. The second-order valence-electron chi connectivity index (χ2n) is 6.03. The van der Waals surface area contributed by atoms with Gasteiger partial charge in [-0.2, -0.15) is 5.10 Å². The minimum absolute atomic E-state index is 0.0552. The van der Waals surface area contributed by atoms with Gasteiger partial charge in [-0.05, 0) is 25.8 Å². The fraction of sp³-hybridized carbons (Fsp3) is 0.474. The highest BCUT2D eigenvalue weighted by atomic mass is 16.5. The van der Waals surface area contributed by atoms with E-state index in [1.807, 2.05) is 37.3 Å². The first-order valence-corrected chi connectivity index (χ1v) is 8.74. The van der Waals surface area contributed by atoms with E-state index in [0.29, 0.717) is 19.0 Å². The number of nitrogens with one attached hydrogen (secondary N) is 1. The number of nitrogens with zero attached hydrogens (tertiary/aromatic N) is 2. The van der Waals surface area contributed by atoms with Crippen molar-refractivity contribution < 1.29 is 14.6 Å². The Morgan fingerprint density at radius 3 is 2.84 bits per heavy atom. The number of aromatic nitrogens is 2. The largest absolute Gasteiger partial charge is 0.394 e. The fourth-order valence-electron chi connectivity index (χ4n) is 2.48. The van der Waals surface area contributed by atoms with Gasteiger partial charge in [0, 0.05) is 18.2 Å². The summed E-state index contributed by atoms with van der Waals surface area (Å²) in [5, 5.41) is 16.6. The summed E-state index contributed by atoms with van der Waals surface area (Å²) in [5.41, 5.74) is 2.87. The van der Waals surface area contributed by atoms with Crippen LogP contribution >= 0.6 is 0 Å². The zero-order valence-electron chi connectivity index (χ0n) is 15.2. The summed E-state index contributed by atoms with van der Waals surface area (Å²) in [6.07, 6.45) is 1.42. The molecule has 1 atom stereocenters. The Balaban J connectivity index is 2.16. The highest BCUT2D eigenvalue weighted by molar-refractivity contribution is 5.93. The number of rotatable bonds is 9. The molecule has 136 valence electrons. The number of amides is 1. The van der Waals surface area contributed by atoms with Crippen LogP contribution in [0, 0.1) is 6.92 Å². The molecule has 6 heteroatoms. The van der Waals surface area contributed by atoms with Crippen LogP contribution in [-0.2, 0) is 16.1 Å². The molecule has 0 aliphatic rings. The number of aliphatic hydroxyl groups is 1. The number of benzene rings is 1. The Morgan fingerprint density at radius 1 is 1.40 bits per heavy atom. The number of anilines is 1. The number of hydrogen-bond donors (Lipinski definition) is 2. The molecule has 0 aliphatic heterocycles. The first-order valence-electron chi connectivity index (χ1n) is 8.74. The van der Waals surface area contributed by atoms with Gasteiger partial charge in [0.15, 0.2) is 0 Å². The van der Waals surface area contributed by atoms with Gasteiger partial charge in [-0.25, -0.2) is 4.68 Å². The van der Waals surface area contributed by atoms with Crippen LogP contribution in [-0.4, -0.2) is 40.1 Å². The summed E-state index contributed by atoms with van der Waals surface area (Å²) in [4.78, 5) is 12.3. The summed E-state index contributed by atoms with van der Waals surface area (Å²) in [6.45, 7) is 6.65. The number of aliphatic hydroxyl groups excluding tert-OH is 1. The number of carbonyl (C=O) groups is 1. The molecule has 1 unspecified atom stereocenters. The Morgan fingerprint density at radius 2 is 2.16 bits per heavy atom. The van der Waals surface area contributed by atoms with Crippen molar-refractivity contribution in [3.8, 4) is 11.3 Å². The second-order valence-corrected chi connectivity index (χ2v) is 6.03. The molecule has 1 aromatic heterocycles. The molecule has 0 saturated carbocycles. The van der Waals surface area contributed by atoms with Gasteiger partial charge < -0.3 is 15.2 Å². The predicted molar refractivity (Wildman–Crippen MR) is 98.4 cm³/mol. The summed E-state index contributed by atoms with van der Waals surface area (Å²) in [5.74, 6) is 0.342. The van der Waals surface area contributed by atoms with Gasteiger partial charge in [0.05, 0.1) is 18.8 Å². The maximum Gasteiger partial charge on any atom is 0.254 e. The van der Waals surface area contributed by atoms with Crippen molar-refractivity contribution >= 4 is 11.7 Å². The summed E-state index contributed by atoms with van der Waals surface area (Å²) < 4.78 is 7.15. The number of carbonyl (C=O) groups excluding carboxylic acids is 1. The van der Waals surface area contributed by atoms with Crippen molar-refractivity contribution in [3.63, 3.8) is 0 Å². The molecule has 25 heavy (non-hydrogen) atoms. The zero-order valence-corrected chi connectivity index (χ0v) is 15.2. The van der Waals surface area contributed by atoms with E-state index in [1.54, 1.807) is 11.6 Å². The van der Waals surface area contributed by atoms with Crippen molar-refractivity contribution in [1.29, 1.82) is 0 Å². The third kappa shape index (κ3) is 5.14. The molecule has 0 fully saturated rings. The van der Waals surface area contributed by atoms with Gasteiger partial charge >= 0.3 is 0 Å². The Labute approximate surface area is 148 Å². The van der Waals surface area contributed by atoms with E-state index >= 15 is 0 Å². The highest BCUT2D eigenvalue weighted by Crippen LogP contribution is 2.25. The average molecular weight is 345 g/mol. The van der Waals surface area contributed by atoms with E-state index in [9.17, 15) is 9.90 Å². The molecule has 6 nitrogen and oxygen atoms in total. The van der Waals surface area contributed by atoms with Crippen LogP contribution in [0.25, 0.3) is 11.3 Å². The lowest BCUT2D eigenvalue weighted by Gasteiger charge is -2.13. The third-order valence-corrected chi connectivity index (χ3v) is 4.00. The number of unbranched alkanes of at least 4 members (excludes halogenated alkanes) is 1. The van der Waals surface area contributed by atoms with Crippen LogP contribution in [0.1, 0.15) is 32.3 Å². The van der Waals surface area contributed by atoms with Crippen LogP contribution in [0.2, 0.25) is 0 Å². The van der Waals surface area contributed by atoms with Gasteiger partial charge in [0.1, 0.15) is 11.9 Å². The molecule has 0 radical (unpaired) electrons. The Hall–Kier alpha value is -2.18. The summed E-state index contributed by atoms with van der Waals surface area (Å²) in [6, 6.07) is 9.76. The molecular weight excluding hydrogens is 318 g/mol. The summed E-state index contributed by atoms with van der Waals surface area (Å²) in [7, 11) is 0. The molecular formula is C19H27N3O3. The Bertz CT molecular complexity index is 697. The standard InChI is InChI=1S/C19H27N3O3/c1-4-5-12-25-15(3)19(24)20-18-13-17(21-22(18)10-11-23)16-9-7-6-8-14(16)2/h6-9,13,15,23H,4-5,10-12H2,1-3H3,(H,20,24). The molecule has 1 aromatic carbocycles.